The number of carbonyl (C=O) groups is 1. The summed E-state index contributed by atoms with van der Waals surface area (Å²) in [4.78, 5) is 17.9. The number of hydrogen-bond acceptors (Lipinski definition) is 4. The molecular weight excluding hydrogens is 288 g/mol. The summed E-state index contributed by atoms with van der Waals surface area (Å²) in [7, 11) is 1.54. The van der Waals surface area contributed by atoms with E-state index in [2.05, 4.69) is 20.9 Å². The van der Waals surface area contributed by atoms with Gasteiger partial charge in [0.15, 0.2) is 0 Å². The lowest BCUT2D eigenvalue weighted by Gasteiger charge is -2.26. The van der Waals surface area contributed by atoms with Crippen LogP contribution in [0.3, 0.4) is 0 Å². The molecule has 2 heterocycles. The highest BCUT2D eigenvalue weighted by atomic mass is 79.9. The first-order valence-electron chi connectivity index (χ1n) is 5.29. The maximum atomic E-state index is 12.1. The van der Waals surface area contributed by atoms with Gasteiger partial charge in [-0.2, -0.15) is 0 Å². The fraction of sp³-hybridized carbons (Fsp3) is 0.455. The van der Waals surface area contributed by atoms with Crippen molar-refractivity contribution in [3.05, 3.63) is 22.3 Å². The van der Waals surface area contributed by atoms with Gasteiger partial charge in [0.25, 0.3) is 5.91 Å². The van der Waals surface area contributed by atoms with Crippen LogP contribution in [-0.2, 0) is 4.74 Å². The number of hydrogen-bond donors (Lipinski definition) is 0. The van der Waals surface area contributed by atoms with Crippen molar-refractivity contribution in [1.82, 2.24) is 9.88 Å². The number of halogens is 1. The van der Waals surface area contributed by atoms with Gasteiger partial charge in [0.2, 0.25) is 5.88 Å². The van der Waals surface area contributed by atoms with E-state index in [0.717, 1.165) is 0 Å². The number of ether oxygens (including phenoxy) is 2. The molecule has 0 unspecified atom stereocenters. The van der Waals surface area contributed by atoms with Crippen molar-refractivity contribution < 1.29 is 14.3 Å². The monoisotopic (exact) mass is 300 g/mol. The van der Waals surface area contributed by atoms with Gasteiger partial charge in [0, 0.05) is 19.3 Å². The van der Waals surface area contributed by atoms with Crippen molar-refractivity contribution >= 4 is 21.8 Å². The van der Waals surface area contributed by atoms with Crippen molar-refractivity contribution in [2.45, 2.75) is 0 Å². The standard InChI is InChI=1S/C11H13BrN2O3/c1-16-10-9(12)6-8(7-13-10)11(15)14-2-4-17-5-3-14/h6-7H,2-5H2,1H3. The van der Waals surface area contributed by atoms with Crippen LogP contribution in [0.25, 0.3) is 0 Å². The second-order valence-corrected chi connectivity index (χ2v) is 4.47. The second-order valence-electron chi connectivity index (χ2n) is 3.62. The molecule has 1 aliphatic heterocycles. The molecule has 0 aromatic carbocycles. The van der Waals surface area contributed by atoms with Gasteiger partial charge in [-0.3, -0.25) is 4.79 Å². The van der Waals surface area contributed by atoms with Gasteiger partial charge in [-0.25, -0.2) is 4.98 Å². The van der Waals surface area contributed by atoms with E-state index in [1.54, 1.807) is 11.0 Å². The Balaban J connectivity index is 2.16. The second kappa shape index (κ2) is 5.46. The first-order valence-corrected chi connectivity index (χ1v) is 6.08. The van der Waals surface area contributed by atoms with E-state index < -0.39 is 0 Å². The molecular formula is C11H13BrN2O3. The van der Waals surface area contributed by atoms with Crippen LogP contribution >= 0.6 is 15.9 Å². The van der Waals surface area contributed by atoms with Gasteiger partial charge in [0.05, 0.1) is 30.4 Å². The summed E-state index contributed by atoms with van der Waals surface area (Å²) in [5.41, 5.74) is 0.555. The number of amides is 1. The van der Waals surface area contributed by atoms with Crippen molar-refractivity contribution in [3.63, 3.8) is 0 Å². The lowest BCUT2D eigenvalue weighted by Crippen LogP contribution is -2.40. The molecule has 1 saturated heterocycles. The van der Waals surface area contributed by atoms with Crippen molar-refractivity contribution in [1.29, 1.82) is 0 Å². The van der Waals surface area contributed by atoms with Crippen LogP contribution in [0.2, 0.25) is 0 Å². The molecule has 0 radical (unpaired) electrons. The van der Waals surface area contributed by atoms with Crippen LogP contribution in [0.5, 0.6) is 5.88 Å². The maximum absolute atomic E-state index is 12.1. The summed E-state index contributed by atoms with van der Waals surface area (Å²) in [6.07, 6.45) is 1.53. The first kappa shape index (κ1) is 12.3. The summed E-state index contributed by atoms with van der Waals surface area (Å²) in [6, 6.07) is 1.73. The van der Waals surface area contributed by atoms with Crippen molar-refractivity contribution in [2.24, 2.45) is 0 Å². The Morgan fingerprint density at radius 2 is 2.24 bits per heavy atom. The van der Waals surface area contributed by atoms with Crippen LogP contribution < -0.4 is 4.74 Å². The number of nitrogens with zero attached hydrogens (tertiary/aromatic N) is 2. The third-order valence-corrected chi connectivity index (χ3v) is 3.11. The average molecular weight is 301 g/mol. The summed E-state index contributed by atoms with van der Waals surface area (Å²) >= 11 is 3.32. The Labute approximate surface area is 108 Å². The molecule has 17 heavy (non-hydrogen) atoms. The number of carbonyl (C=O) groups excluding carboxylic acids is 1. The van der Waals surface area contributed by atoms with E-state index in [4.69, 9.17) is 9.47 Å². The van der Waals surface area contributed by atoms with Gasteiger partial charge in [0.1, 0.15) is 0 Å². The molecule has 1 fully saturated rings. The fourth-order valence-electron chi connectivity index (χ4n) is 1.64. The van der Waals surface area contributed by atoms with E-state index in [1.165, 1.54) is 13.3 Å². The highest BCUT2D eigenvalue weighted by Gasteiger charge is 2.19. The SMILES string of the molecule is COc1ncc(C(=O)N2CCOCC2)cc1Br. The van der Waals surface area contributed by atoms with Crippen LogP contribution in [0.4, 0.5) is 0 Å². The molecule has 1 amide bonds. The van der Waals surface area contributed by atoms with Gasteiger partial charge in [-0.1, -0.05) is 0 Å². The largest absolute Gasteiger partial charge is 0.480 e. The Bertz CT molecular complexity index is 419. The Morgan fingerprint density at radius 1 is 1.53 bits per heavy atom. The molecule has 2 rings (SSSR count). The predicted octanol–water partition coefficient (Wildman–Crippen LogP) is 1.33. The van der Waals surface area contributed by atoms with Crippen molar-refractivity contribution in [2.75, 3.05) is 33.4 Å². The Hall–Kier alpha value is -1.14. The Morgan fingerprint density at radius 3 is 2.82 bits per heavy atom. The average Bonchev–Trinajstić information content (AvgIpc) is 2.39. The zero-order valence-electron chi connectivity index (χ0n) is 9.48. The summed E-state index contributed by atoms with van der Waals surface area (Å²) < 4.78 is 10.9. The molecule has 0 aliphatic carbocycles. The van der Waals surface area contributed by atoms with Gasteiger partial charge in [-0.15, -0.1) is 0 Å². The molecule has 92 valence electrons. The summed E-state index contributed by atoms with van der Waals surface area (Å²) in [5, 5.41) is 0. The Kier molecular flexibility index (Phi) is 3.96. The van der Waals surface area contributed by atoms with Gasteiger partial charge >= 0.3 is 0 Å². The molecule has 1 aliphatic rings. The number of aromatic nitrogens is 1. The predicted molar refractivity (Wildman–Crippen MR) is 65.2 cm³/mol. The number of methoxy groups -OCH3 is 1. The van der Waals surface area contributed by atoms with E-state index >= 15 is 0 Å². The van der Waals surface area contributed by atoms with Crippen molar-refractivity contribution in [3.8, 4) is 5.88 Å². The molecule has 0 N–H and O–H groups in total. The smallest absolute Gasteiger partial charge is 0.255 e. The quantitative estimate of drug-likeness (QED) is 0.827. The summed E-state index contributed by atoms with van der Waals surface area (Å²) in [5.74, 6) is 0.452. The minimum atomic E-state index is -0.0239. The lowest BCUT2D eigenvalue weighted by atomic mass is 10.2. The summed E-state index contributed by atoms with van der Waals surface area (Å²) in [6.45, 7) is 2.44. The molecule has 0 bridgehead atoms. The number of pyridine rings is 1. The zero-order chi connectivity index (χ0) is 12.3. The van der Waals surface area contributed by atoms with E-state index in [9.17, 15) is 4.79 Å². The highest BCUT2D eigenvalue weighted by Crippen LogP contribution is 2.23. The minimum absolute atomic E-state index is 0.0239. The number of morpholine rings is 1. The van der Waals surface area contributed by atoms with Crippen LogP contribution in [0, 0.1) is 0 Å². The first-order chi connectivity index (χ1) is 8.22. The lowest BCUT2D eigenvalue weighted by molar-refractivity contribution is 0.0302. The maximum Gasteiger partial charge on any atom is 0.255 e. The normalized spacial score (nSPS) is 15.8. The molecule has 0 saturated carbocycles. The molecule has 5 nitrogen and oxygen atoms in total. The molecule has 0 atom stereocenters. The van der Waals surface area contributed by atoms with Crippen LogP contribution in [-0.4, -0.2) is 49.2 Å². The van der Waals surface area contributed by atoms with E-state index in [0.29, 0.717) is 42.2 Å². The third-order valence-electron chi connectivity index (χ3n) is 2.55. The van der Waals surface area contributed by atoms with Crippen LogP contribution in [0.1, 0.15) is 10.4 Å². The van der Waals surface area contributed by atoms with E-state index in [1.807, 2.05) is 0 Å². The topological polar surface area (TPSA) is 51.7 Å². The zero-order valence-corrected chi connectivity index (χ0v) is 11.1. The molecule has 0 spiro atoms. The van der Waals surface area contributed by atoms with Gasteiger partial charge in [-0.05, 0) is 22.0 Å². The molecule has 6 heteroatoms. The molecule has 1 aromatic heterocycles. The number of rotatable bonds is 2. The third kappa shape index (κ3) is 2.76. The van der Waals surface area contributed by atoms with Gasteiger partial charge < -0.3 is 14.4 Å². The minimum Gasteiger partial charge on any atom is -0.480 e. The van der Waals surface area contributed by atoms with Crippen LogP contribution in [0.15, 0.2) is 16.7 Å². The highest BCUT2D eigenvalue weighted by molar-refractivity contribution is 9.10. The molecule has 1 aromatic rings. The fourth-order valence-corrected chi connectivity index (χ4v) is 2.15. The van der Waals surface area contributed by atoms with E-state index in [-0.39, 0.29) is 5.91 Å².